The summed E-state index contributed by atoms with van der Waals surface area (Å²) in [5.74, 6) is 1.07. The molecule has 1 aromatic rings. The van der Waals surface area contributed by atoms with Gasteiger partial charge in [-0.05, 0) is 56.8 Å². The fourth-order valence-corrected chi connectivity index (χ4v) is 2.64. The van der Waals surface area contributed by atoms with Gasteiger partial charge in [0.1, 0.15) is 5.75 Å². The lowest BCUT2D eigenvalue weighted by Gasteiger charge is -2.20. The van der Waals surface area contributed by atoms with Crippen molar-refractivity contribution in [3.05, 3.63) is 29.3 Å². The molecular weight excluding hydrogens is 262 g/mol. The van der Waals surface area contributed by atoms with Gasteiger partial charge in [0.15, 0.2) is 0 Å². The minimum absolute atomic E-state index is 0.299. The number of hydrogen-bond donors (Lipinski definition) is 1. The largest absolute Gasteiger partial charge is 0.493 e. The summed E-state index contributed by atoms with van der Waals surface area (Å²) in [5.41, 5.74) is 2.77. The Morgan fingerprint density at radius 3 is 2.95 bits per heavy atom. The normalized spacial score (nSPS) is 15.0. The molecule has 118 valence electrons. The third kappa shape index (κ3) is 5.33. The molecule has 1 unspecified atom stereocenters. The molecule has 1 aliphatic rings. The first-order valence-electron chi connectivity index (χ1n) is 8.28. The Labute approximate surface area is 129 Å². The van der Waals surface area contributed by atoms with E-state index in [4.69, 9.17) is 9.47 Å². The lowest BCUT2D eigenvalue weighted by Crippen LogP contribution is -2.35. The van der Waals surface area contributed by atoms with Crippen molar-refractivity contribution in [2.75, 3.05) is 19.8 Å². The highest BCUT2D eigenvalue weighted by Gasteiger charge is 2.13. The molecule has 1 atom stereocenters. The van der Waals surface area contributed by atoms with Crippen LogP contribution in [0.5, 0.6) is 5.75 Å². The van der Waals surface area contributed by atoms with Crippen molar-refractivity contribution >= 4 is 0 Å². The summed E-state index contributed by atoms with van der Waals surface area (Å²) >= 11 is 0. The van der Waals surface area contributed by atoms with E-state index in [0.717, 1.165) is 51.2 Å². The molecule has 0 radical (unpaired) electrons. The molecule has 0 fully saturated rings. The molecule has 1 aromatic carbocycles. The lowest BCUT2D eigenvalue weighted by atomic mass is 10.0. The summed E-state index contributed by atoms with van der Waals surface area (Å²) < 4.78 is 11.3. The number of benzene rings is 1. The van der Waals surface area contributed by atoms with Crippen molar-refractivity contribution in [1.82, 2.24) is 5.32 Å². The first kappa shape index (κ1) is 16.3. The molecule has 0 aliphatic carbocycles. The van der Waals surface area contributed by atoms with Gasteiger partial charge in [-0.1, -0.05) is 19.1 Å². The highest BCUT2D eigenvalue weighted by molar-refractivity contribution is 5.39. The quantitative estimate of drug-likeness (QED) is 0.757. The second-order valence-electron chi connectivity index (χ2n) is 6.11. The number of fused-ring (bicyclic) bond motifs is 1. The highest BCUT2D eigenvalue weighted by atomic mass is 16.5. The predicted octanol–water partition coefficient (Wildman–Crippen LogP) is 3.35. The number of ether oxygens (including phenoxy) is 2. The molecule has 1 aliphatic heterocycles. The van der Waals surface area contributed by atoms with Gasteiger partial charge in [0, 0.05) is 12.5 Å². The van der Waals surface area contributed by atoms with E-state index in [9.17, 15) is 0 Å². The van der Waals surface area contributed by atoms with Crippen LogP contribution in [-0.4, -0.2) is 31.9 Å². The van der Waals surface area contributed by atoms with E-state index in [1.54, 1.807) is 0 Å². The van der Waals surface area contributed by atoms with Gasteiger partial charge in [-0.2, -0.15) is 0 Å². The van der Waals surface area contributed by atoms with E-state index < -0.39 is 0 Å². The zero-order valence-corrected chi connectivity index (χ0v) is 13.7. The predicted molar refractivity (Wildman–Crippen MR) is 87.1 cm³/mol. The summed E-state index contributed by atoms with van der Waals surface area (Å²) in [7, 11) is 0. The van der Waals surface area contributed by atoms with E-state index in [2.05, 4.69) is 44.3 Å². The van der Waals surface area contributed by atoms with E-state index >= 15 is 0 Å². The lowest BCUT2D eigenvalue weighted by molar-refractivity contribution is 0.0596. The average molecular weight is 291 g/mol. The molecule has 0 amide bonds. The van der Waals surface area contributed by atoms with Crippen molar-refractivity contribution in [2.45, 2.75) is 58.6 Å². The molecule has 0 aromatic heterocycles. The van der Waals surface area contributed by atoms with Crippen molar-refractivity contribution in [3.63, 3.8) is 0 Å². The summed E-state index contributed by atoms with van der Waals surface area (Å²) in [4.78, 5) is 0. The Morgan fingerprint density at radius 2 is 2.19 bits per heavy atom. The Bertz CT molecular complexity index is 431. The Kier molecular flexibility index (Phi) is 6.52. The van der Waals surface area contributed by atoms with E-state index in [-0.39, 0.29) is 0 Å². The molecule has 3 heteroatoms. The maximum Gasteiger partial charge on any atom is 0.122 e. The molecule has 0 saturated carbocycles. The van der Waals surface area contributed by atoms with Crippen LogP contribution in [0.3, 0.4) is 0 Å². The maximum atomic E-state index is 5.78. The Morgan fingerprint density at radius 1 is 1.33 bits per heavy atom. The molecule has 1 N–H and O–H groups in total. The van der Waals surface area contributed by atoms with E-state index in [0.29, 0.717) is 12.1 Å². The standard InChI is InChI=1S/C18H29NO2/c1-4-10-19-17(13-21-14(2)3)7-5-15-6-8-18-16(12-15)9-11-20-18/h6,8,12,14,17,19H,4-5,7,9-11,13H2,1-3H3. The van der Waals surface area contributed by atoms with Crippen molar-refractivity contribution in [2.24, 2.45) is 0 Å². The van der Waals surface area contributed by atoms with Gasteiger partial charge in [0.25, 0.3) is 0 Å². The maximum absolute atomic E-state index is 5.78. The molecule has 0 saturated heterocycles. The zero-order chi connectivity index (χ0) is 15.1. The first-order valence-corrected chi connectivity index (χ1v) is 8.28. The van der Waals surface area contributed by atoms with Gasteiger partial charge >= 0.3 is 0 Å². The van der Waals surface area contributed by atoms with Gasteiger partial charge in [0.05, 0.1) is 19.3 Å². The molecular formula is C18H29NO2. The first-order chi connectivity index (χ1) is 10.2. The molecule has 21 heavy (non-hydrogen) atoms. The van der Waals surface area contributed by atoms with Crippen LogP contribution in [0.2, 0.25) is 0 Å². The highest BCUT2D eigenvalue weighted by Crippen LogP contribution is 2.26. The number of hydrogen-bond acceptors (Lipinski definition) is 3. The summed E-state index contributed by atoms with van der Waals surface area (Å²) in [5, 5.41) is 3.60. The van der Waals surface area contributed by atoms with Crippen LogP contribution in [0.1, 0.15) is 44.7 Å². The molecule has 1 heterocycles. The third-order valence-electron chi connectivity index (χ3n) is 3.85. The number of nitrogens with one attached hydrogen (secondary N) is 1. The van der Waals surface area contributed by atoms with E-state index in [1.165, 1.54) is 11.1 Å². The third-order valence-corrected chi connectivity index (χ3v) is 3.85. The number of rotatable bonds is 9. The minimum Gasteiger partial charge on any atom is -0.493 e. The van der Waals surface area contributed by atoms with Crippen LogP contribution in [0.25, 0.3) is 0 Å². The second-order valence-corrected chi connectivity index (χ2v) is 6.11. The topological polar surface area (TPSA) is 30.5 Å². The summed E-state index contributed by atoms with van der Waals surface area (Å²) in [6.45, 7) is 9.08. The van der Waals surface area contributed by atoms with Crippen LogP contribution in [0, 0.1) is 0 Å². The average Bonchev–Trinajstić information content (AvgIpc) is 2.93. The SMILES string of the molecule is CCCNC(CCc1ccc2c(c1)CCO2)COC(C)C. The zero-order valence-electron chi connectivity index (χ0n) is 13.7. The molecule has 0 bridgehead atoms. The minimum atomic E-state index is 0.299. The van der Waals surface area contributed by atoms with Gasteiger partial charge in [0.2, 0.25) is 0 Å². The fourth-order valence-electron chi connectivity index (χ4n) is 2.64. The van der Waals surface area contributed by atoms with Crippen LogP contribution in [-0.2, 0) is 17.6 Å². The van der Waals surface area contributed by atoms with Gasteiger partial charge in [-0.15, -0.1) is 0 Å². The molecule has 3 nitrogen and oxygen atoms in total. The van der Waals surface area contributed by atoms with Gasteiger partial charge in [-0.25, -0.2) is 0 Å². The molecule has 0 spiro atoms. The van der Waals surface area contributed by atoms with Crippen LogP contribution < -0.4 is 10.1 Å². The van der Waals surface area contributed by atoms with Crippen LogP contribution in [0.15, 0.2) is 18.2 Å². The van der Waals surface area contributed by atoms with Crippen molar-refractivity contribution in [3.8, 4) is 5.75 Å². The number of aryl methyl sites for hydroxylation is 1. The summed E-state index contributed by atoms with van der Waals surface area (Å²) in [6, 6.07) is 7.07. The second kappa shape index (κ2) is 8.40. The molecule has 2 rings (SSSR count). The van der Waals surface area contributed by atoms with Crippen LogP contribution >= 0.6 is 0 Å². The monoisotopic (exact) mass is 291 g/mol. The van der Waals surface area contributed by atoms with Crippen molar-refractivity contribution in [1.29, 1.82) is 0 Å². The smallest absolute Gasteiger partial charge is 0.122 e. The van der Waals surface area contributed by atoms with Gasteiger partial charge < -0.3 is 14.8 Å². The summed E-state index contributed by atoms with van der Waals surface area (Å²) in [6.07, 6.45) is 4.72. The van der Waals surface area contributed by atoms with Crippen molar-refractivity contribution < 1.29 is 9.47 Å². The fraction of sp³-hybridized carbons (Fsp3) is 0.667. The van der Waals surface area contributed by atoms with Gasteiger partial charge in [-0.3, -0.25) is 0 Å². The van der Waals surface area contributed by atoms with E-state index in [1.807, 2.05) is 0 Å². The van der Waals surface area contributed by atoms with Crippen LogP contribution in [0.4, 0.5) is 0 Å². The Balaban J connectivity index is 1.84. The Hall–Kier alpha value is -1.06.